The number of hydrogen-bond donors (Lipinski definition) is 0. The van der Waals surface area contributed by atoms with E-state index >= 15 is 0 Å². The molecule has 0 amide bonds. The Bertz CT molecular complexity index is 689. The van der Waals surface area contributed by atoms with Gasteiger partial charge in [0.1, 0.15) is 17.6 Å². The first-order valence-corrected chi connectivity index (χ1v) is 6.47. The van der Waals surface area contributed by atoms with Crippen molar-refractivity contribution in [3.63, 3.8) is 0 Å². The number of benzene rings is 2. The first-order chi connectivity index (χ1) is 9.54. The standard InChI is InChI=1S/C15H8BrF2NO/c16-12-5-2-6-13(18)14(12)15(20)11(8-19)9-3-1-4-10(17)7-9/h1-7,11H. The molecule has 0 bridgehead atoms. The predicted octanol–water partition coefficient (Wildman–Crippen LogP) is 4.22. The first-order valence-electron chi connectivity index (χ1n) is 5.68. The second-order valence-electron chi connectivity index (χ2n) is 4.08. The number of nitrogens with zero attached hydrogens (tertiary/aromatic N) is 1. The van der Waals surface area contributed by atoms with Gasteiger partial charge in [0, 0.05) is 4.47 Å². The molecule has 20 heavy (non-hydrogen) atoms. The van der Waals surface area contributed by atoms with E-state index in [0.29, 0.717) is 0 Å². The van der Waals surface area contributed by atoms with E-state index < -0.39 is 23.3 Å². The van der Waals surface area contributed by atoms with E-state index in [-0.39, 0.29) is 15.6 Å². The molecule has 0 aliphatic carbocycles. The average Bonchev–Trinajstić information content (AvgIpc) is 2.39. The molecule has 0 spiro atoms. The van der Waals surface area contributed by atoms with Crippen molar-refractivity contribution in [1.29, 1.82) is 5.26 Å². The highest BCUT2D eigenvalue weighted by atomic mass is 79.9. The van der Waals surface area contributed by atoms with E-state index in [1.165, 1.54) is 30.3 Å². The van der Waals surface area contributed by atoms with Crippen molar-refractivity contribution in [3.8, 4) is 6.07 Å². The summed E-state index contributed by atoms with van der Waals surface area (Å²) in [6.45, 7) is 0. The molecule has 2 aromatic rings. The van der Waals surface area contributed by atoms with Crippen molar-refractivity contribution in [3.05, 3.63) is 69.7 Å². The topological polar surface area (TPSA) is 40.9 Å². The highest BCUT2D eigenvalue weighted by molar-refractivity contribution is 9.10. The number of carbonyl (C=O) groups excluding carboxylic acids is 1. The van der Waals surface area contributed by atoms with Crippen molar-refractivity contribution < 1.29 is 13.6 Å². The van der Waals surface area contributed by atoms with Gasteiger partial charge in [0.15, 0.2) is 5.78 Å². The lowest BCUT2D eigenvalue weighted by molar-refractivity contribution is 0.0974. The quantitative estimate of drug-likeness (QED) is 0.788. The zero-order valence-electron chi connectivity index (χ0n) is 10.1. The Hall–Kier alpha value is -2.06. The van der Waals surface area contributed by atoms with Gasteiger partial charge in [-0.25, -0.2) is 8.78 Å². The summed E-state index contributed by atoms with van der Waals surface area (Å²) in [4.78, 5) is 12.3. The fourth-order valence-electron chi connectivity index (χ4n) is 1.85. The Kier molecular flexibility index (Phi) is 4.26. The van der Waals surface area contributed by atoms with Gasteiger partial charge in [0.05, 0.1) is 11.6 Å². The van der Waals surface area contributed by atoms with Crippen LogP contribution < -0.4 is 0 Å². The van der Waals surface area contributed by atoms with Gasteiger partial charge in [-0.05, 0) is 45.8 Å². The molecule has 1 atom stereocenters. The number of carbonyl (C=O) groups is 1. The molecule has 0 radical (unpaired) electrons. The van der Waals surface area contributed by atoms with Crippen molar-refractivity contribution in [1.82, 2.24) is 0 Å². The van der Waals surface area contributed by atoms with Gasteiger partial charge in [-0.1, -0.05) is 18.2 Å². The molecule has 0 heterocycles. The smallest absolute Gasteiger partial charge is 0.188 e. The van der Waals surface area contributed by atoms with Crippen LogP contribution in [-0.2, 0) is 0 Å². The summed E-state index contributed by atoms with van der Waals surface area (Å²) in [6.07, 6.45) is 0. The van der Waals surface area contributed by atoms with E-state index in [4.69, 9.17) is 5.26 Å². The molecular formula is C15H8BrF2NO. The number of hydrogen-bond acceptors (Lipinski definition) is 2. The van der Waals surface area contributed by atoms with Crippen LogP contribution in [0.3, 0.4) is 0 Å². The van der Waals surface area contributed by atoms with Crippen LogP contribution in [0.1, 0.15) is 21.8 Å². The van der Waals surface area contributed by atoms with Crippen LogP contribution in [0.2, 0.25) is 0 Å². The number of rotatable bonds is 3. The van der Waals surface area contributed by atoms with E-state index in [1.807, 2.05) is 0 Å². The molecule has 0 fully saturated rings. The van der Waals surface area contributed by atoms with Crippen LogP contribution in [0, 0.1) is 23.0 Å². The first kappa shape index (κ1) is 14.4. The normalized spacial score (nSPS) is 11.7. The fraction of sp³-hybridized carbons (Fsp3) is 0.0667. The van der Waals surface area contributed by atoms with Crippen molar-refractivity contribution in [2.24, 2.45) is 0 Å². The molecular weight excluding hydrogens is 328 g/mol. The molecule has 1 unspecified atom stereocenters. The SMILES string of the molecule is N#CC(C(=O)c1c(F)cccc1Br)c1cccc(F)c1. The molecule has 0 aromatic heterocycles. The maximum absolute atomic E-state index is 13.8. The highest BCUT2D eigenvalue weighted by Gasteiger charge is 2.26. The van der Waals surface area contributed by atoms with Gasteiger partial charge >= 0.3 is 0 Å². The van der Waals surface area contributed by atoms with Gasteiger partial charge in [0.2, 0.25) is 0 Å². The molecule has 2 aromatic carbocycles. The number of nitriles is 1. The lowest BCUT2D eigenvalue weighted by atomic mass is 9.91. The van der Waals surface area contributed by atoms with Crippen LogP contribution in [0.25, 0.3) is 0 Å². The molecule has 0 saturated carbocycles. The van der Waals surface area contributed by atoms with E-state index in [9.17, 15) is 13.6 Å². The average molecular weight is 336 g/mol. The number of ketones is 1. The monoisotopic (exact) mass is 335 g/mol. The fourth-order valence-corrected chi connectivity index (χ4v) is 2.39. The van der Waals surface area contributed by atoms with Crippen molar-refractivity contribution in [2.75, 3.05) is 0 Å². The third-order valence-corrected chi connectivity index (χ3v) is 3.44. The largest absolute Gasteiger partial charge is 0.292 e. The van der Waals surface area contributed by atoms with Crippen LogP contribution in [0.5, 0.6) is 0 Å². The van der Waals surface area contributed by atoms with Crippen molar-refractivity contribution in [2.45, 2.75) is 5.92 Å². The summed E-state index contributed by atoms with van der Waals surface area (Å²) >= 11 is 3.09. The van der Waals surface area contributed by atoms with Crippen LogP contribution >= 0.6 is 15.9 Å². The summed E-state index contributed by atoms with van der Waals surface area (Å²) in [5, 5.41) is 9.15. The predicted molar refractivity (Wildman–Crippen MR) is 73.2 cm³/mol. The summed E-state index contributed by atoms with van der Waals surface area (Å²) in [7, 11) is 0. The zero-order valence-corrected chi connectivity index (χ0v) is 11.7. The number of Topliss-reactive ketones (excluding diaryl/α,β-unsaturated/α-hetero) is 1. The molecule has 0 saturated heterocycles. The second-order valence-corrected chi connectivity index (χ2v) is 4.93. The molecule has 2 rings (SSSR count). The summed E-state index contributed by atoms with van der Waals surface area (Å²) in [6, 6.07) is 11.1. The minimum atomic E-state index is -1.25. The Morgan fingerprint density at radius 2 is 1.90 bits per heavy atom. The lowest BCUT2D eigenvalue weighted by Gasteiger charge is -2.11. The second kappa shape index (κ2) is 5.93. The molecule has 5 heteroatoms. The van der Waals surface area contributed by atoms with Crippen LogP contribution in [0.4, 0.5) is 8.78 Å². The van der Waals surface area contributed by atoms with Crippen LogP contribution in [-0.4, -0.2) is 5.78 Å². The Balaban J connectivity index is 2.48. The van der Waals surface area contributed by atoms with E-state index in [1.54, 1.807) is 6.07 Å². The van der Waals surface area contributed by atoms with E-state index in [2.05, 4.69) is 15.9 Å². The van der Waals surface area contributed by atoms with Gasteiger partial charge < -0.3 is 0 Å². The molecule has 0 N–H and O–H groups in total. The Morgan fingerprint density at radius 1 is 1.20 bits per heavy atom. The highest BCUT2D eigenvalue weighted by Crippen LogP contribution is 2.27. The summed E-state index contributed by atoms with van der Waals surface area (Å²) in [5.74, 6) is -3.23. The third kappa shape index (κ3) is 2.75. The number of halogens is 3. The zero-order chi connectivity index (χ0) is 14.7. The molecule has 100 valence electrons. The maximum Gasteiger partial charge on any atom is 0.188 e. The summed E-state index contributed by atoms with van der Waals surface area (Å²) < 4.78 is 27.2. The molecule has 0 aliphatic rings. The third-order valence-electron chi connectivity index (χ3n) is 2.78. The summed E-state index contributed by atoms with van der Waals surface area (Å²) in [5.41, 5.74) is -0.00374. The lowest BCUT2D eigenvalue weighted by Crippen LogP contribution is -2.14. The minimum absolute atomic E-state index is 0.202. The molecule has 2 nitrogen and oxygen atoms in total. The Morgan fingerprint density at radius 3 is 2.50 bits per heavy atom. The van der Waals surface area contributed by atoms with Gasteiger partial charge in [-0.15, -0.1) is 0 Å². The Labute approximate surface area is 122 Å². The maximum atomic E-state index is 13.8. The van der Waals surface area contributed by atoms with Gasteiger partial charge in [0.25, 0.3) is 0 Å². The van der Waals surface area contributed by atoms with Gasteiger partial charge in [-0.2, -0.15) is 5.26 Å². The van der Waals surface area contributed by atoms with E-state index in [0.717, 1.165) is 12.1 Å². The van der Waals surface area contributed by atoms with Crippen LogP contribution in [0.15, 0.2) is 46.9 Å². The minimum Gasteiger partial charge on any atom is -0.292 e. The van der Waals surface area contributed by atoms with Gasteiger partial charge in [-0.3, -0.25) is 4.79 Å². The molecule has 0 aliphatic heterocycles. The van der Waals surface area contributed by atoms with Crippen molar-refractivity contribution >= 4 is 21.7 Å².